The Morgan fingerprint density at radius 3 is 2.90 bits per heavy atom. The second-order valence-electron chi connectivity index (χ2n) is 4.78. The molecular formula is C13H12F2N4O2. The van der Waals surface area contributed by atoms with Gasteiger partial charge in [-0.05, 0) is 30.0 Å². The number of anilines is 1. The fraction of sp³-hybridized carbons (Fsp3) is 0.308. The van der Waals surface area contributed by atoms with Gasteiger partial charge in [-0.25, -0.2) is 13.9 Å². The lowest BCUT2D eigenvalue weighted by Gasteiger charge is -2.02. The van der Waals surface area contributed by atoms with Gasteiger partial charge in [0.2, 0.25) is 11.9 Å². The van der Waals surface area contributed by atoms with E-state index in [1.54, 1.807) is 0 Å². The zero-order valence-electron chi connectivity index (χ0n) is 11.1. The number of rotatable bonds is 4. The summed E-state index contributed by atoms with van der Waals surface area (Å²) in [7, 11) is 1.41. The van der Waals surface area contributed by atoms with Crippen LogP contribution < -0.4 is 10.1 Å². The smallest absolute Gasteiger partial charge is 0.336 e. The second kappa shape index (κ2) is 5.12. The Morgan fingerprint density at radius 2 is 2.24 bits per heavy atom. The van der Waals surface area contributed by atoms with Gasteiger partial charge in [-0.1, -0.05) is 6.07 Å². The van der Waals surface area contributed by atoms with E-state index in [-0.39, 0.29) is 29.7 Å². The third-order valence-electron chi connectivity index (χ3n) is 3.39. The molecule has 1 amide bonds. The Bertz CT molecular complexity index is 689. The first-order chi connectivity index (χ1) is 10.1. The number of amides is 1. The van der Waals surface area contributed by atoms with Gasteiger partial charge in [0.1, 0.15) is 0 Å². The summed E-state index contributed by atoms with van der Waals surface area (Å²) in [5.74, 6) is -2.25. The average molecular weight is 294 g/mol. The van der Waals surface area contributed by atoms with Crippen molar-refractivity contribution in [1.82, 2.24) is 15.2 Å². The van der Waals surface area contributed by atoms with E-state index in [4.69, 9.17) is 4.74 Å². The molecule has 21 heavy (non-hydrogen) atoms. The lowest BCUT2D eigenvalue weighted by atomic mass is 10.1. The number of ether oxygens (including phenoxy) is 1. The highest BCUT2D eigenvalue weighted by Crippen LogP contribution is 2.48. The third kappa shape index (κ3) is 2.69. The van der Waals surface area contributed by atoms with E-state index in [2.05, 4.69) is 20.5 Å². The second-order valence-corrected chi connectivity index (χ2v) is 4.78. The Kier molecular flexibility index (Phi) is 3.28. The number of benzene rings is 1. The third-order valence-corrected chi connectivity index (χ3v) is 3.39. The Labute approximate surface area is 118 Å². The molecule has 6 nitrogen and oxygen atoms in total. The van der Waals surface area contributed by atoms with Crippen LogP contribution in [0.4, 0.5) is 14.7 Å². The number of aromatic amines is 1. The van der Waals surface area contributed by atoms with E-state index in [9.17, 15) is 13.6 Å². The monoisotopic (exact) mass is 294 g/mol. The maximum atomic E-state index is 13.2. The lowest BCUT2D eigenvalue weighted by molar-refractivity contribution is -0.117. The van der Waals surface area contributed by atoms with Crippen LogP contribution in [0.3, 0.4) is 0 Å². The van der Waals surface area contributed by atoms with E-state index in [1.165, 1.54) is 13.2 Å². The van der Waals surface area contributed by atoms with Crippen LogP contribution in [0.25, 0.3) is 0 Å². The van der Waals surface area contributed by atoms with Gasteiger partial charge >= 0.3 is 6.01 Å². The number of carbonyl (C=O) groups excluding carboxylic acids is 1. The van der Waals surface area contributed by atoms with Crippen molar-refractivity contribution in [3.8, 4) is 6.01 Å². The molecule has 1 aromatic heterocycles. The minimum atomic E-state index is -0.904. The molecule has 0 saturated heterocycles. The Hall–Kier alpha value is -2.51. The summed E-state index contributed by atoms with van der Waals surface area (Å²) >= 11 is 0. The predicted octanol–water partition coefficient (Wildman–Crippen LogP) is 1.83. The van der Waals surface area contributed by atoms with E-state index in [0.717, 1.165) is 12.1 Å². The Balaban J connectivity index is 1.64. The molecule has 2 aromatic rings. The van der Waals surface area contributed by atoms with Crippen molar-refractivity contribution in [2.45, 2.75) is 12.3 Å². The van der Waals surface area contributed by atoms with Gasteiger partial charge in [-0.2, -0.15) is 4.98 Å². The first-order valence-corrected chi connectivity index (χ1v) is 6.30. The normalized spacial score (nSPS) is 20.1. The summed E-state index contributed by atoms with van der Waals surface area (Å²) in [6, 6.07) is 3.82. The molecule has 2 atom stereocenters. The van der Waals surface area contributed by atoms with Gasteiger partial charge in [0, 0.05) is 5.92 Å². The van der Waals surface area contributed by atoms with Gasteiger partial charge in [-0.3, -0.25) is 10.1 Å². The number of nitrogens with one attached hydrogen (secondary N) is 2. The molecule has 1 aliphatic rings. The van der Waals surface area contributed by atoms with Gasteiger partial charge in [0.05, 0.1) is 7.11 Å². The van der Waals surface area contributed by atoms with Crippen LogP contribution in [0.1, 0.15) is 17.9 Å². The summed E-state index contributed by atoms with van der Waals surface area (Å²) in [6.45, 7) is 0. The summed E-state index contributed by atoms with van der Waals surface area (Å²) in [6.07, 6.45) is 0.585. The maximum Gasteiger partial charge on any atom is 0.336 e. The van der Waals surface area contributed by atoms with E-state index >= 15 is 0 Å². The van der Waals surface area contributed by atoms with Crippen LogP contribution in [0.2, 0.25) is 0 Å². The van der Waals surface area contributed by atoms with E-state index < -0.39 is 11.6 Å². The quantitative estimate of drug-likeness (QED) is 0.901. The van der Waals surface area contributed by atoms with Crippen molar-refractivity contribution >= 4 is 11.9 Å². The molecule has 110 valence electrons. The van der Waals surface area contributed by atoms with Gasteiger partial charge in [-0.15, -0.1) is 5.10 Å². The zero-order valence-corrected chi connectivity index (χ0v) is 11.1. The van der Waals surface area contributed by atoms with Crippen LogP contribution >= 0.6 is 0 Å². The molecule has 2 N–H and O–H groups in total. The van der Waals surface area contributed by atoms with Gasteiger partial charge in [0.25, 0.3) is 0 Å². The molecule has 3 rings (SSSR count). The number of H-pyrrole nitrogens is 1. The molecule has 0 unspecified atom stereocenters. The van der Waals surface area contributed by atoms with Crippen molar-refractivity contribution in [2.75, 3.05) is 12.4 Å². The Morgan fingerprint density at radius 1 is 1.43 bits per heavy atom. The SMILES string of the molecule is COc1n[nH]c(NC(=O)[C@H]2C[C@H]2c2ccc(F)c(F)c2)n1. The molecule has 0 bridgehead atoms. The highest BCUT2D eigenvalue weighted by molar-refractivity contribution is 5.93. The summed E-state index contributed by atoms with van der Waals surface area (Å²) in [5.41, 5.74) is 0.615. The zero-order chi connectivity index (χ0) is 15.0. The lowest BCUT2D eigenvalue weighted by Crippen LogP contribution is -2.15. The fourth-order valence-corrected chi connectivity index (χ4v) is 2.20. The van der Waals surface area contributed by atoms with Crippen LogP contribution in [0.15, 0.2) is 18.2 Å². The van der Waals surface area contributed by atoms with Gasteiger partial charge in [0.15, 0.2) is 11.6 Å². The van der Waals surface area contributed by atoms with Crippen LogP contribution in [0, 0.1) is 17.6 Å². The largest absolute Gasteiger partial charge is 0.466 e. The minimum Gasteiger partial charge on any atom is -0.466 e. The molecule has 1 fully saturated rings. The average Bonchev–Trinajstić information content (AvgIpc) is 3.15. The molecule has 1 heterocycles. The molecular weight excluding hydrogens is 282 g/mol. The highest BCUT2D eigenvalue weighted by Gasteiger charge is 2.44. The van der Waals surface area contributed by atoms with Crippen molar-refractivity contribution < 1.29 is 18.3 Å². The van der Waals surface area contributed by atoms with E-state index in [0.29, 0.717) is 12.0 Å². The summed E-state index contributed by atoms with van der Waals surface area (Å²) in [4.78, 5) is 15.9. The predicted molar refractivity (Wildman–Crippen MR) is 68.8 cm³/mol. The highest BCUT2D eigenvalue weighted by atomic mass is 19.2. The first kappa shape index (κ1) is 13.5. The molecule has 1 aliphatic carbocycles. The van der Waals surface area contributed by atoms with Crippen LogP contribution in [-0.4, -0.2) is 28.2 Å². The number of hydrogen-bond donors (Lipinski definition) is 2. The number of nitrogens with zero attached hydrogens (tertiary/aromatic N) is 2. The number of aromatic nitrogens is 3. The standard InChI is InChI=1S/C13H12F2N4O2/c1-21-13-17-12(18-19-13)16-11(20)8-5-7(8)6-2-3-9(14)10(15)4-6/h2-4,7-8H,5H2,1H3,(H2,16,17,18,19,20)/t7-,8-/m0/s1. The number of carbonyl (C=O) groups is 1. The van der Waals surface area contributed by atoms with Crippen LogP contribution in [-0.2, 0) is 4.79 Å². The molecule has 0 aliphatic heterocycles. The topological polar surface area (TPSA) is 79.9 Å². The fourth-order valence-electron chi connectivity index (χ4n) is 2.20. The van der Waals surface area contributed by atoms with Crippen LogP contribution in [0.5, 0.6) is 6.01 Å². The summed E-state index contributed by atoms with van der Waals surface area (Å²) < 4.78 is 30.8. The molecule has 8 heteroatoms. The molecule has 0 spiro atoms. The van der Waals surface area contributed by atoms with Gasteiger partial charge < -0.3 is 4.74 Å². The van der Waals surface area contributed by atoms with Crippen molar-refractivity contribution in [3.63, 3.8) is 0 Å². The molecule has 1 aromatic carbocycles. The summed E-state index contributed by atoms with van der Waals surface area (Å²) in [5, 5.41) is 8.78. The minimum absolute atomic E-state index is 0.107. The van der Waals surface area contributed by atoms with Crippen molar-refractivity contribution in [3.05, 3.63) is 35.4 Å². The van der Waals surface area contributed by atoms with Crippen molar-refractivity contribution in [2.24, 2.45) is 5.92 Å². The molecule has 1 saturated carbocycles. The number of halogens is 2. The number of hydrogen-bond acceptors (Lipinski definition) is 4. The maximum absolute atomic E-state index is 13.2. The van der Waals surface area contributed by atoms with Crippen molar-refractivity contribution in [1.29, 1.82) is 0 Å². The molecule has 0 radical (unpaired) electrons. The first-order valence-electron chi connectivity index (χ1n) is 6.30. The van der Waals surface area contributed by atoms with E-state index in [1.807, 2.05) is 0 Å². The number of methoxy groups -OCH3 is 1.